The van der Waals surface area contributed by atoms with Gasteiger partial charge in [-0.25, -0.2) is 0 Å². The van der Waals surface area contributed by atoms with Gasteiger partial charge >= 0.3 is 5.97 Å². The number of nitrogens with one attached hydrogen (secondary N) is 1. The second-order valence-electron chi connectivity index (χ2n) is 3.93. The lowest BCUT2D eigenvalue weighted by Crippen LogP contribution is -2.35. The molecule has 0 spiro atoms. The highest BCUT2D eigenvalue weighted by molar-refractivity contribution is 9.10. The van der Waals surface area contributed by atoms with Crippen LogP contribution in [0, 0.1) is 0 Å². The first-order chi connectivity index (χ1) is 7.39. The van der Waals surface area contributed by atoms with Gasteiger partial charge in [-0.1, -0.05) is 15.9 Å². The summed E-state index contributed by atoms with van der Waals surface area (Å²) in [5.41, 5.74) is -0.410. The molecule has 1 aromatic carbocycles. The Balaban J connectivity index is 2.50. The van der Waals surface area contributed by atoms with E-state index in [9.17, 15) is 9.90 Å². The van der Waals surface area contributed by atoms with E-state index in [1.807, 2.05) is 24.3 Å². The molecule has 0 heterocycles. The van der Waals surface area contributed by atoms with Crippen LogP contribution in [0.3, 0.4) is 0 Å². The lowest BCUT2D eigenvalue weighted by atomic mass is 10.0. The van der Waals surface area contributed by atoms with Crippen molar-refractivity contribution in [1.82, 2.24) is 0 Å². The standard InChI is InChI=1S/C11H14BrNO3/c1-11(16,6-10(14)15)7-13-9-4-2-8(12)3-5-9/h2-5,13,16H,6-7H2,1H3,(H,14,15). The third-order valence-electron chi connectivity index (χ3n) is 2.05. The van der Waals surface area contributed by atoms with Gasteiger partial charge in [-0.3, -0.25) is 4.79 Å². The second kappa shape index (κ2) is 5.32. The van der Waals surface area contributed by atoms with Crippen LogP contribution in [0.2, 0.25) is 0 Å². The molecule has 16 heavy (non-hydrogen) atoms. The van der Waals surface area contributed by atoms with E-state index in [4.69, 9.17) is 5.11 Å². The minimum Gasteiger partial charge on any atom is -0.481 e. The van der Waals surface area contributed by atoms with Crippen LogP contribution < -0.4 is 5.32 Å². The molecule has 0 amide bonds. The summed E-state index contributed by atoms with van der Waals surface area (Å²) >= 11 is 3.31. The number of carbonyl (C=O) groups is 1. The average Bonchev–Trinajstić information content (AvgIpc) is 2.15. The van der Waals surface area contributed by atoms with Gasteiger partial charge in [-0.15, -0.1) is 0 Å². The number of rotatable bonds is 5. The number of hydrogen-bond donors (Lipinski definition) is 3. The molecule has 1 aromatic rings. The highest BCUT2D eigenvalue weighted by Crippen LogP contribution is 2.16. The molecular weight excluding hydrogens is 274 g/mol. The molecular formula is C11H14BrNO3. The molecule has 1 atom stereocenters. The maximum atomic E-state index is 10.5. The minimum absolute atomic E-state index is 0.195. The summed E-state index contributed by atoms with van der Waals surface area (Å²) in [6.45, 7) is 1.69. The summed E-state index contributed by atoms with van der Waals surface area (Å²) in [6, 6.07) is 7.43. The van der Waals surface area contributed by atoms with E-state index < -0.39 is 11.6 Å². The molecule has 4 nitrogen and oxygen atoms in total. The van der Waals surface area contributed by atoms with E-state index in [0.717, 1.165) is 10.2 Å². The highest BCUT2D eigenvalue weighted by atomic mass is 79.9. The Bertz CT molecular complexity index is 362. The van der Waals surface area contributed by atoms with Gasteiger partial charge in [-0.2, -0.15) is 0 Å². The van der Waals surface area contributed by atoms with Crippen molar-refractivity contribution < 1.29 is 15.0 Å². The van der Waals surface area contributed by atoms with Crippen molar-refractivity contribution in [2.45, 2.75) is 18.9 Å². The fourth-order valence-electron chi connectivity index (χ4n) is 1.25. The SMILES string of the molecule is CC(O)(CNc1ccc(Br)cc1)CC(=O)O. The van der Waals surface area contributed by atoms with Gasteiger partial charge in [0, 0.05) is 16.7 Å². The monoisotopic (exact) mass is 287 g/mol. The molecule has 5 heteroatoms. The Kier molecular flexibility index (Phi) is 4.32. The summed E-state index contributed by atoms with van der Waals surface area (Å²) < 4.78 is 0.968. The second-order valence-corrected chi connectivity index (χ2v) is 4.84. The predicted octanol–water partition coefficient (Wildman–Crippen LogP) is 2.09. The van der Waals surface area contributed by atoms with Gasteiger partial charge in [0.25, 0.3) is 0 Å². The highest BCUT2D eigenvalue weighted by Gasteiger charge is 2.23. The van der Waals surface area contributed by atoms with E-state index in [-0.39, 0.29) is 13.0 Å². The maximum Gasteiger partial charge on any atom is 0.306 e. The lowest BCUT2D eigenvalue weighted by molar-refractivity contribution is -0.141. The number of anilines is 1. The molecule has 88 valence electrons. The maximum absolute atomic E-state index is 10.5. The van der Waals surface area contributed by atoms with Gasteiger partial charge in [-0.05, 0) is 31.2 Å². The number of halogens is 1. The minimum atomic E-state index is -1.25. The molecule has 0 radical (unpaired) electrons. The van der Waals surface area contributed by atoms with Crippen LogP contribution in [-0.2, 0) is 4.79 Å². The van der Waals surface area contributed by atoms with Crippen molar-refractivity contribution in [3.05, 3.63) is 28.7 Å². The van der Waals surface area contributed by atoms with Crippen molar-refractivity contribution in [1.29, 1.82) is 0 Å². The summed E-state index contributed by atoms with van der Waals surface area (Å²) in [7, 11) is 0. The van der Waals surface area contributed by atoms with Crippen LogP contribution in [0.4, 0.5) is 5.69 Å². The molecule has 1 rings (SSSR count). The summed E-state index contributed by atoms with van der Waals surface area (Å²) in [5.74, 6) is -1.01. The van der Waals surface area contributed by atoms with Gasteiger partial charge in [0.1, 0.15) is 0 Å². The van der Waals surface area contributed by atoms with Crippen molar-refractivity contribution in [2.24, 2.45) is 0 Å². The van der Waals surface area contributed by atoms with Crippen LogP contribution in [0.15, 0.2) is 28.7 Å². The molecule has 0 fully saturated rings. The summed E-state index contributed by atoms with van der Waals surface area (Å²) in [6.07, 6.45) is -0.281. The van der Waals surface area contributed by atoms with E-state index in [1.165, 1.54) is 6.92 Å². The van der Waals surface area contributed by atoms with Gasteiger partial charge < -0.3 is 15.5 Å². The van der Waals surface area contributed by atoms with Gasteiger partial charge in [0.05, 0.1) is 12.0 Å². The number of benzene rings is 1. The molecule has 1 unspecified atom stereocenters. The Morgan fingerprint density at radius 2 is 2.00 bits per heavy atom. The number of hydrogen-bond acceptors (Lipinski definition) is 3. The van der Waals surface area contributed by atoms with Crippen LogP contribution in [0.5, 0.6) is 0 Å². The summed E-state index contributed by atoms with van der Waals surface area (Å²) in [4.78, 5) is 10.5. The van der Waals surface area contributed by atoms with E-state index in [0.29, 0.717) is 0 Å². The van der Waals surface area contributed by atoms with Gasteiger partial charge in [0.15, 0.2) is 0 Å². The molecule has 0 aromatic heterocycles. The normalized spacial score (nSPS) is 14.2. The third-order valence-corrected chi connectivity index (χ3v) is 2.58. The molecule has 0 saturated carbocycles. The van der Waals surface area contributed by atoms with E-state index in [1.54, 1.807) is 0 Å². The predicted molar refractivity (Wildman–Crippen MR) is 65.5 cm³/mol. The Hall–Kier alpha value is -1.07. The van der Waals surface area contributed by atoms with Crippen LogP contribution in [0.25, 0.3) is 0 Å². The fourth-order valence-corrected chi connectivity index (χ4v) is 1.51. The van der Waals surface area contributed by atoms with Crippen molar-refractivity contribution in [3.8, 4) is 0 Å². The average molecular weight is 288 g/mol. The zero-order valence-corrected chi connectivity index (χ0v) is 10.5. The van der Waals surface area contributed by atoms with E-state index in [2.05, 4.69) is 21.2 Å². The fraction of sp³-hybridized carbons (Fsp3) is 0.364. The molecule has 0 saturated heterocycles. The largest absolute Gasteiger partial charge is 0.481 e. The van der Waals surface area contributed by atoms with Crippen molar-refractivity contribution in [3.63, 3.8) is 0 Å². The lowest BCUT2D eigenvalue weighted by Gasteiger charge is -2.22. The number of carboxylic acid groups (broad SMARTS) is 1. The molecule has 0 bridgehead atoms. The Labute approximate surface area is 102 Å². The number of aliphatic hydroxyl groups is 1. The van der Waals surface area contributed by atoms with Crippen molar-refractivity contribution in [2.75, 3.05) is 11.9 Å². The number of aliphatic carboxylic acids is 1. The quantitative estimate of drug-likeness (QED) is 0.776. The first-order valence-electron chi connectivity index (χ1n) is 4.83. The third kappa shape index (κ3) is 4.63. The number of carboxylic acids is 1. The molecule has 0 aliphatic rings. The molecule has 0 aliphatic carbocycles. The molecule has 3 N–H and O–H groups in total. The van der Waals surface area contributed by atoms with E-state index >= 15 is 0 Å². The van der Waals surface area contributed by atoms with Crippen molar-refractivity contribution >= 4 is 27.6 Å². The summed E-state index contributed by atoms with van der Waals surface area (Å²) in [5, 5.41) is 21.3. The first-order valence-corrected chi connectivity index (χ1v) is 5.62. The smallest absolute Gasteiger partial charge is 0.306 e. The van der Waals surface area contributed by atoms with Crippen LogP contribution in [0.1, 0.15) is 13.3 Å². The molecule has 0 aliphatic heterocycles. The Morgan fingerprint density at radius 3 is 2.50 bits per heavy atom. The Morgan fingerprint density at radius 1 is 1.44 bits per heavy atom. The van der Waals surface area contributed by atoms with Crippen LogP contribution in [-0.4, -0.2) is 28.3 Å². The zero-order valence-electron chi connectivity index (χ0n) is 8.90. The first kappa shape index (κ1) is 13.0. The topological polar surface area (TPSA) is 69.6 Å². The van der Waals surface area contributed by atoms with Crippen LogP contribution >= 0.6 is 15.9 Å². The van der Waals surface area contributed by atoms with Gasteiger partial charge in [0.2, 0.25) is 0 Å². The zero-order chi connectivity index (χ0) is 12.2.